The van der Waals surface area contributed by atoms with Crippen molar-refractivity contribution in [3.05, 3.63) is 101 Å². The van der Waals surface area contributed by atoms with Crippen LogP contribution in [0.3, 0.4) is 0 Å². The van der Waals surface area contributed by atoms with Gasteiger partial charge in [-0.1, -0.05) is 55.5 Å². The fourth-order valence-corrected chi connectivity index (χ4v) is 5.79. The van der Waals surface area contributed by atoms with Crippen molar-refractivity contribution in [3.8, 4) is 11.1 Å². The maximum atomic E-state index is 13.3. The highest BCUT2D eigenvalue weighted by Gasteiger charge is 2.25. The summed E-state index contributed by atoms with van der Waals surface area (Å²) in [5.41, 5.74) is 3.20. The van der Waals surface area contributed by atoms with Crippen LogP contribution in [0.1, 0.15) is 32.6 Å². The Kier molecular flexibility index (Phi) is 7.20. The second-order valence-corrected chi connectivity index (χ2v) is 10.7. The van der Waals surface area contributed by atoms with Gasteiger partial charge in [-0.05, 0) is 47.9 Å². The first-order chi connectivity index (χ1) is 19.6. The second-order valence-electron chi connectivity index (χ2n) is 9.55. The first kappa shape index (κ1) is 25.6. The lowest BCUT2D eigenvalue weighted by Gasteiger charge is -2.35. The van der Waals surface area contributed by atoms with Crippen LogP contribution < -0.4 is 10.2 Å². The zero-order chi connectivity index (χ0) is 27.5. The van der Waals surface area contributed by atoms with E-state index in [1.807, 2.05) is 47.4 Å². The highest BCUT2D eigenvalue weighted by atomic mass is 32.1. The lowest BCUT2D eigenvalue weighted by atomic mass is 10.0. The molecule has 200 valence electrons. The van der Waals surface area contributed by atoms with Crippen LogP contribution in [-0.2, 0) is 6.42 Å². The van der Waals surface area contributed by atoms with Crippen molar-refractivity contribution in [2.75, 3.05) is 36.4 Å². The topological polar surface area (TPSA) is 91.3 Å². The van der Waals surface area contributed by atoms with Crippen LogP contribution in [-0.4, -0.2) is 57.8 Å². The molecule has 0 atom stereocenters. The molecule has 1 fully saturated rings. The van der Waals surface area contributed by atoms with E-state index >= 15 is 0 Å². The molecule has 0 unspecified atom stereocenters. The predicted molar refractivity (Wildman–Crippen MR) is 159 cm³/mol. The Morgan fingerprint density at radius 3 is 2.30 bits per heavy atom. The number of fused-ring (bicyclic) bond motifs is 1. The molecular formula is C31H28N6O2S. The number of nitrogens with zero attached hydrogens (tertiary/aromatic N) is 5. The molecule has 0 bridgehead atoms. The number of benzene rings is 2. The Morgan fingerprint density at radius 2 is 1.60 bits per heavy atom. The molecule has 0 saturated carbocycles. The van der Waals surface area contributed by atoms with Gasteiger partial charge in [-0.3, -0.25) is 19.9 Å². The molecule has 6 rings (SSSR count). The summed E-state index contributed by atoms with van der Waals surface area (Å²) in [5.74, 6) is 0.697. The van der Waals surface area contributed by atoms with Gasteiger partial charge in [-0.15, -0.1) is 11.3 Å². The fraction of sp³-hybridized carbons (Fsp3) is 0.194. The van der Waals surface area contributed by atoms with E-state index in [0.717, 1.165) is 33.6 Å². The van der Waals surface area contributed by atoms with Gasteiger partial charge in [0.25, 0.3) is 11.8 Å². The van der Waals surface area contributed by atoms with Crippen molar-refractivity contribution >= 4 is 45.1 Å². The summed E-state index contributed by atoms with van der Waals surface area (Å²) in [6.45, 7) is 4.52. The average Bonchev–Trinajstić information content (AvgIpc) is 3.45. The standard InChI is InChI=1S/C31H28N6O2S/c1-2-24-20-25-27(33-31(35-29(25)40-24)34-28(38)26-10-6-7-15-32-26)36-16-18-37(19-17-36)30(39)23-13-11-22(12-14-23)21-8-4-3-5-9-21/h3-15,20H,2,16-19H2,1H3,(H,33,34,35,38). The Balaban J connectivity index is 1.19. The number of aryl methyl sites for hydroxylation is 1. The SMILES string of the molecule is CCc1cc2c(N3CCN(C(=O)c4ccc(-c5ccccc5)cc4)CC3)nc(NC(=O)c3ccccn3)nc2s1. The first-order valence-electron chi connectivity index (χ1n) is 13.3. The number of nitrogens with one attached hydrogen (secondary N) is 1. The molecule has 0 spiro atoms. The third kappa shape index (κ3) is 5.28. The van der Waals surface area contributed by atoms with E-state index in [4.69, 9.17) is 4.98 Å². The predicted octanol–water partition coefficient (Wildman–Crippen LogP) is 5.53. The summed E-state index contributed by atoms with van der Waals surface area (Å²) < 4.78 is 0. The minimum Gasteiger partial charge on any atom is -0.352 e. The second kappa shape index (κ2) is 11.2. The van der Waals surface area contributed by atoms with E-state index in [0.29, 0.717) is 37.4 Å². The number of pyridine rings is 1. The molecule has 2 amide bonds. The summed E-state index contributed by atoms with van der Waals surface area (Å²) in [4.78, 5) is 45.6. The molecule has 40 heavy (non-hydrogen) atoms. The number of thiophene rings is 1. The van der Waals surface area contributed by atoms with E-state index in [1.165, 1.54) is 4.88 Å². The fourth-order valence-electron chi connectivity index (χ4n) is 4.83. The minimum atomic E-state index is -0.355. The molecule has 0 aliphatic carbocycles. The number of hydrogen-bond acceptors (Lipinski definition) is 7. The molecule has 1 saturated heterocycles. The van der Waals surface area contributed by atoms with Crippen LogP contribution in [0.5, 0.6) is 0 Å². The smallest absolute Gasteiger partial charge is 0.276 e. The Hall–Kier alpha value is -4.63. The van der Waals surface area contributed by atoms with Crippen molar-refractivity contribution in [3.63, 3.8) is 0 Å². The number of aromatic nitrogens is 3. The Morgan fingerprint density at radius 1 is 0.875 bits per heavy atom. The molecule has 0 radical (unpaired) electrons. The van der Waals surface area contributed by atoms with Crippen molar-refractivity contribution in [1.82, 2.24) is 19.9 Å². The summed E-state index contributed by atoms with van der Waals surface area (Å²) >= 11 is 1.61. The van der Waals surface area contributed by atoms with Crippen molar-refractivity contribution < 1.29 is 9.59 Å². The van der Waals surface area contributed by atoms with Crippen LogP contribution in [0.25, 0.3) is 21.3 Å². The number of hydrogen-bond donors (Lipinski definition) is 1. The van der Waals surface area contributed by atoms with Crippen LogP contribution in [0.2, 0.25) is 0 Å². The summed E-state index contributed by atoms with van der Waals surface area (Å²) in [6, 6.07) is 25.3. The largest absolute Gasteiger partial charge is 0.352 e. The van der Waals surface area contributed by atoms with Crippen LogP contribution >= 0.6 is 11.3 Å². The summed E-state index contributed by atoms with van der Waals surface area (Å²) in [7, 11) is 0. The van der Waals surface area contributed by atoms with Gasteiger partial charge in [-0.25, -0.2) is 4.98 Å². The van der Waals surface area contributed by atoms with E-state index < -0.39 is 0 Å². The van der Waals surface area contributed by atoms with Crippen molar-refractivity contribution in [1.29, 1.82) is 0 Å². The highest BCUT2D eigenvalue weighted by Crippen LogP contribution is 2.33. The van der Waals surface area contributed by atoms with Gasteiger partial charge in [0.15, 0.2) is 0 Å². The molecule has 2 aromatic carbocycles. The zero-order valence-corrected chi connectivity index (χ0v) is 22.9. The van der Waals surface area contributed by atoms with Crippen LogP contribution in [0.15, 0.2) is 85.1 Å². The van der Waals surface area contributed by atoms with Crippen LogP contribution in [0, 0.1) is 0 Å². The van der Waals surface area contributed by atoms with Gasteiger partial charge >= 0.3 is 0 Å². The van der Waals surface area contributed by atoms with Gasteiger partial charge in [-0.2, -0.15) is 4.98 Å². The Labute approximate surface area is 236 Å². The highest BCUT2D eigenvalue weighted by molar-refractivity contribution is 7.18. The Bertz CT molecular complexity index is 1650. The normalized spacial score (nSPS) is 13.4. The van der Waals surface area contributed by atoms with Crippen molar-refractivity contribution in [2.24, 2.45) is 0 Å². The number of carbonyl (C=O) groups excluding carboxylic acids is 2. The molecule has 5 aromatic rings. The van der Waals surface area contributed by atoms with E-state index in [9.17, 15) is 9.59 Å². The lowest BCUT2D eigenvalue weighted by molar-refractivity contribution is 0.0746. The number of rotatable bonds is 6. The zero-order valence-electron chi connectivity index (χ0n) is 22.1. The number of carbonyl (C=O) groups is 2. The van der Waals surface area contributed by atoms with Gasteiger partial charge in [0, 0.05) is 42.8 Å². The van der Waals surface area contributed by atoms with Gasteiger partial charge in [0.1, 0.15) is 16.3 Å². The van der Waals surface area contributed by atoms with Gasteiger partial charge < -0.3 is 9.80 Å². The average molecular weight is 549 g/mol. The van der Waals surface area contributed by atoms with Crippen LogP contribution in [0.4, 0.5) is 11.8 Å². The first-order valence-corrected chi connectivity index (χ1v) is 14.1. The summed E-state index contributed by atoms with van der Waals surface area (Å²) in [5, 5.41) is 3.78. The van der Waals surface area contributed by atoms with Gasteiger partial charge in [0.05, 0.1) is 5.39 Å². The maximum absolute atomic E-state index is 13.3. The lowest BCUT2D eigenvalue weighted by Crippen LogP contribution is -2.49. The number of anilines is 2. The molecule has 8 nitrogen and oxygen atoms in total. The van der Waals surface area contributed by atoms with Crippen molar-refractivity contribution in [2.45, 2.75) is 13.3 Å². The minimum absolute atomic E-state index is 0.0270. The number of amides is 2. The molecule has 1 aliphatic heterocycles. The van der Waals surface area contributed by atoms with E-state index in [-0.39, 0.29) is 17.8 Å². The van der Waals surface area contributed by atoms with E-state index in [1.54, 1.807) is 35.7 Å². The molecule has 1 N–H and O–H groups in total. The third-order valence-electron chi connectivity index (χ3n) is 7.00. The number of piperazine rings is 1. The molecule has 3 aromatic heterocycles. The van der Waals surface area contributed by atoms with Gasteiger partial charge in [0.2, 0.25) is 5.95 Å². The monoisotopic (exact) mass is 548 g/mol. The molecule has 9 heteroatoms. The quantitative estimate of drug-likeness (QED) is 0.300. The third-order valence-corrected chi connectivity index (χ3v) is 8.17. The van der Waals surface area contributed by atoms with E-state index in [2.05, 4.69) is 45.3 Å². The summed E-state index contributed by atoms with van der Waals surface area (Å²) in [6.07, 6.45) is 2.47. The maximum Gasteiger partial charge on any atom is 0.276 e. The molecule has 1 aliphatic rings. The molecule has 4 heterocycles. The molecular weight excluding hydrogens is 520 g/mol.